The monoisotopic (exact) mass is 289 g/mol. The Labute approximate surface area is 125 Å². The number of fused-ring (bicyclic) bond motifs is 1. The van der Waals surface area contributed by atoms with Crippen LogP contribution < -0.4 is 11.1 Å². The Balaban J connectivity index is 1.60. The summed E-state index contributed by atoms with van der Waals surface area (Å²) in [7, 11) is 0. The van der Waals surface area contributed by atoms with E-state index in [-0.39, 0.29) is 18.1 Å². The van der Waals surface area contributed by atoms with Crippen LogP contribution in [0.15, 0.2) is 24.3 Å². The van der Waals surface area contributed by atoms with Gasteiger partial charge in [0, 0.05) is 13.1 Å². The summed E-state index contributed by atoms with van der Waals surface area (Å²) in [5.74, 6) is 0. The van der Waals surface area contributed by atoms with Gasteiger partial charge in [0.1, 0.15) is 0 Å². The van der Waals surface area contributed by atoms with Crippen molar-refractivity contribution in [2.45, 2.75) is 43.9 Å². The number of amides is 2. The fourth-order valence-electron chi connectivity index (χ4n) is 3.21. The molecule has 2 amide bonds. The minimum atomic E-state index is -0.642. The van der Waals surface area contributed by atoms with Crippen molar-refractivity contribution in [2.75, 3.05) is 13.1 Å². The molecule has 0 saturated carbocycles. The van der Waals surface area contributed by atoms with Gasteiger partial charge in [-0.2, -0.15) is 0 Å². The molecule has 1 aliphatic heterocycles. The molecule has 4 N–H and O–H groups in total. The summed E-state index contributed by atoms with van der Waals surface area (Å²) in [5, 5.41) is 13.0. The maximum absolute atomic E-state index is 12.3. The molecule has 114 valence electrons. The van der Waals surface area contributed by atoms with Gasteiger partial charge in [0.15, 0.2) is 0 Å². The van der Waals surface area contributed by atoms with Gasteiger partial charge in [-0.3, -0.25) is 0 Å². The van der Waals surface area contributed by atoms with Gasteiger partial charge in [0.25, 0.3) is 0 Å². The Morgan fingerprint density at radius 2 is 2.05 bits per heavy atom. The van der Waals surface area contributed by atoms with E-state index in [9.17, 15) is 9.90 Å². The van der Waals surface area contributed by atoms with E-state index >= 15 is 0 Å². The van der Waals surface area contributed by atoms with Crippen LogP contribution in [-0.2, 0) is 6.42 Å². The van der Waals surface area contributed by atoms with Crippen LogP contribution in [0.25, 0.3) is 0 Å². The van der Waals surface area contributed by atoms with Gasteiger partial charge < -0.3 is 21.1 Å². The Morgan fingerprint density at radius 1 is 1.38 bits per heavy atom. The van der Waals surface area contributed by atoms with Crippen LogP contribution in [0.2, 0.25) is 0 Å². The van der Waals surface area contributed by atoms with E-state index in [2.05, 4.69) is 11.4 Å². The Bertz CT molecular complexity index is 534. The fraction of sp³-hybridized carbons (Fsp3) is 0.562. The van der Waals surface area contributed by atoms with E-state index in [0.717, 1.165) is 12.0 Å². The molecule has 3 rings (SSSR count). The number of piperidine rings is 1. The lowest BCUT2D eigenvalue weighted by atomic mass is 9.94. The van der Waals surface area contributed by atoms with E-state index in [0.29, 0.717) is 25.9 Å². The molecule has 2 atom stereocenters. The number of rotatable bonds is 1. The number of nitrogens with one attached hydrogen (secondary N) is 1. The molecule has 1 heterocycles. The standard InChI is InChI=1S/C16H23N3O2/c1-16(21)6-8-19(9-7-16)15(20)18-13-10-11-4-2-3-5-12(11)14(13)17/h2-5,13-14,21H,6-10,17H2,1H3,(H,18,20)/t13-,14-/m1/s1. The van der Waals surface area contributed by atoms with E-state index in [1.54, 1.807) is 4.90 Å². The van der Waals surface area contributed by atoms with E-state index in [1.165, 1.54) is 5.56 Å². The van der Waals surface area contributed by atoms with Crippen molar-refractivity contribution in [1.29, 1.82) is 0 Å². The minimum absolute atomic E-state index is 0.0441. The van der Waals surface area contributed by atoms with Gasteiger partial charge in [-0.15, -0.1) is 0 Å². The lowest BCUT2D eigenvalue weighted by Gasteiger charge is -2.36. The lowest BCUT2D eigenvalue weighted by molar-refractivity contribution is 0.00410. The number of benzene rings is 1. The molecule has 0 aromatic heterocycles. The summed E-state index contributed by atoms with van der Waals surface area (Å²) >= 11 is 0. The molecule has 5 heteroatoms. The van der Waals surface area contributed by atoms with Crippen LogP contribution in [-0.4, -0.2) is 40.8 Å². The average Bonchev–Trinajstić information content (AvgIpc) is 2.76. The highest BCUT2D eigenvalue weighted by Crippen LogP contribution is 2.29. The molecule has 0 unspecified atom stereocenters. The molecule has 1 fully saturated rings. The second-order valence-corrected chi connectivity index (χ2v) is 6.47. The highest BCUT2D eigenvalue weighted by atomic mass is 16.3. The molecule has 0 spiro atoms. The summed E-state index contributed by atoms with van der Waals surface area (Å²) in [4.78, 5) is 14.1. The van der Waals surface area contributed by atoms with Crippen molar-refractivity contribution in [3.63, 3.8) is 0 Å². The van der Waals surface area contributed by atoms with Crippen molar-refractivity contribution in [3.05, 3.63) is 35.4 Å². The lowest BCUT2D eigenvalue weighted by Crippen LogP contribution is -2.52. The molecule has 21 heavy (non-hydrogen) atoms. The molecular formula is C16H23N3O2. The first-order valence-electron chi connectivity index (χ1n) is 7.57. The third-order valence-corrected chi connectivity index (χ3v) is 4.72. The Hall–Kier alpha value is -1.59. The highest BCUT2D eigenvalue weighted by molar-refractivity contribution is 5.75. The Kier molecular flexibility index (Phi) is 3.63. The molecule has 5 nitrogen and oxygen atoms in total. The fourth-order valence-corrected chi connectivity index (χ4v) is 3.21. The van der Waals surface area contributed by atoms with Crippen molar-refractivity contribution in [3.8, 4) is 0 Å². The quantitative estimate of drug-likeness (QED) is 0.726. The van der Waals surface area contributed by atoms with Gasteiger partial charge in [0.05, 0.1) is 17.7 Å². The zero-order valence-corrected chi connectivity index (χ0v) is 12.4. The van der Waals surface area contributed by atoms with Crippen LogP contribution in [0.1, 0.15) is 36.9 Å². The summed E-state index contributed by atoms with van der Waals surface area (Å²) in [6, 6.07) is 7.83. The van der Waals surface area contributed by atoms with Gasteiger partial charge in [-0.25, -0.2) is 4.79 Å². The highest BCUT2D eigenvalue weighted by Gasteiger charge is 2.34. The summed E-state index contributed by atoms with van der Waals surface area (Å²) in [6.45, 7) is 3.01. The first-order chi connectivity index (χ1) is 9.96. The van der Waals surface area contributed by atoms with E-state index in [1.807, 2.05) is 25.1 Å². The van der Waals surface area contributed by atoms with E-state index < -0.39 is 5.60 Å². The third kappa shape index (κ3) is 2.89. The van der Waals surface area contributed by atoms with Gasteiger partial charge in [0.2, 0.25) is 0 Å². The predicted octanol–water partition coefficient (Wildman–Crippen LogP) is 1.17. The van der Waals surface area contributed by atoms with Crippen LogP contribution in [0.5, 0.6) is 0 Å². The molecule has 1 saturated heterocycles. The molecule has 2 aliphatic rings. The Morgan fingerprint density at radius 3 is 2.71 bits per heavy atom. The first kappa shape index (κ1) is 14.4. The maximum atomic E-state index is 12.3. The zero-order valence-electron chi connectivity index (χ0n) is 12.4. The number of nitrogens with two attached hydrogens (primary N) is 1. The summed E-state index contributed by atoms with van der Waals surface area (Å²) < 4.78 is 0. The number of carbonyl (C=O) groups excluding carboxylic acids is 1. The van der Waals surface area contributed by atoms with Crippen molar-refractivity contribution < 1.29 is 9.90 Å². The average molecular weight is 289 g/mol. The molecule has 1 aromatic carbocycles. The van der Waals surface area contributed by atoms with Crippen molar-refractivity contribution in [2.24, 2.45) is 5.73 Å². The van der Waals surface area contributed by atoms with Gasteiger partial charge in [-0.1, -0.05) is 24.3 Å². The van der Waals surface area contributed by atoms with Crippen LogP contribution in [0, 0.1) is 0 Å². The summed E-state index contributed by atoms with van der Waals surface area (Å²) in [5.41, 5.74) is 7.94. The van der Waals surface area contributed by atoms with Crippen LogP contribution in [0.4, 0.5) is 4.79 Å². The van der Waals surface area contributed by atoms with Crippen LogP contribution >= 0.6 is 0 Å². The molecule has 1 aromatic rings. The minimum Gasteiger partial charge on any atom is -0.390 e. The van der Waals surface area contributed by atoms with Gasteiger partial charge in [-0.05, 0) is 37.3 Å². The molecule has 0 bridgehead atoms. The summed E-state index contributed by atoms with van der Waals surface area (Å²) in [6.07, 6.45) is 2.03. The zero-order chi connectivity index (χ0) is 15.0. The van der Waals surface area contributed by atoms with E-state index in [4.69, 9.17) is 5.73 Å². The second kappa shape index (κ2) is 5.31. The third-order valence-electron chi connectivity index (χ3n) is 4.72. The smallest absolute Gasteiger partial charge is 0.317 e. The number of nitrogens with zero attached hydrogens (tertiary/aromatic N) is 1. The largest absolute Gasteiger partial charge is 0.390 e. The first-order valence-corrected chi connectivity index (χ1v) is 7.57. The van der Waals surface area contributed by atoms with Crippen LogP contribution in [0.3, 0.4) is 0 Å². The number of hydrogen-bond acceptors (Lipinski definition) is 3. The second-order valence-electron chi connectivity index (χ2n) is 6.47. The number of likely N-dealkylation sites (tertiary alicyclic amines) is 1. The molecular weight excluding hydrogens is 266 g/mol. The predicted molar refractivity (Wildman–Crippen MR) is 80.8 cm³/mol. The number of hydrogen-bond donors (Lipinski definition) is 3. The molecule has 0 radical (unpaired) electrons. The van der Waals surface area contributed by atoms with Crippen molar-refractivity contribution in [1.82, 2.24) is 10.2 Å². The topological polar surface area (TPSA) is 78.6 Å². The number of urea groups is 1. The normalized spacial score (nSPS) is 27.3. The SMILES string of the molecule is CC1(O)CCN(C(=O)N[C@@H]2Cc3ccccc3[C@H]2N)CC1. The van der Waals surface area contributed by atoms with Crippen molar-refractivity contribution >= 4 is 6.03 Å². The number of aliphatic hydroxyl groups is 1. The number of carbonyl (C=O) groups is 1. The molecule has 1 aliphatic carbocycles. The maximum Gasteiger partial charge on any atom is 0.317 e. The van der Waals surface area contributed by atoms with Gasteiger partial charge >= 0.3 is 6.03 Å².